The van der Waals surface area contributed by atoms with Crippen LogP contribution in [0.2, 0.25) is 0 Å². The molecule has 0 unspecified atom stereocenters. The zero-order chi connectivity index (χ0) is 13.2. The SMILES string of the molecule is COc1ccccc1Nc1ccc2cnn(C)c2c1. The number of aryl methyl sites for hydroxylation is 1. The standard InChI is InChI=1S/C15H15N3O/c1-18-14-9-12(8-7-11(14)10-16-18)17-13-5-3-4-6-15(13)19-2/h3-10,17H,1-2H3. The number of fused-ring (bicyclic) bond motifs is 1. The maximum absolute atomic E-state index is 5.33. The summed E-state index contributed by atoms with van der Waals surface area (Å²) in [5, 5.41) is 8.74. The molecule has 4 heteroatoms. The van der Waals surface area contributed by atoms with Crippen LogP contribution < -0.4 is 10.1 Å². The highest BCUT2D eigenvalue weighted by molar-refractivity contribution is 5.83. The fourth-order valence-corrected chi connectivity index (χ4v) is 2.13. The number of nitrogens with zero attached hydrogens (tertiary/aromatic N) is 2. The van der Waals surface area contributed by atoms with E-state index in [1.165, 1.54) is 0 Å². The van der Waals surface area contributed by atoms with Gasteiger partial charge in [0.2, 0.25) is 0 Å². The van der Waals surface area contributed by atoms with Crippen molar-refractivity contribution in [1.82, 2.24) is 9.78 Å². The number of hydrogen-bond acceptors (Lipinski definition) is 3. The number of benzene rings is 2. The summed E-state index contributed by atoms with van der Waals surface area (Å²) in [7, 11) is 3.61. The van der Waals surface area contributed by atoms with Crippen molar-refractivity contribution in [3.05, 3.63) is 48.7 Å². The molecule has 0 spiro atoms. The second-order valence-electron chi connectivity index (χ2n) is 4.37. The van der Waals surface area contributed by atoms with Crippen molar-refractivity contribution in [2.24, 2.45) is 7.05 Å². The molecular weight excluding hydrogens is 238 g/mol. The predicted molar refractivity (Wildman–Crippen MR) is 77.0 cm³/mol. The average molecular weight is 253 g/mol. The summed E-state index contributed by atoms with van der Waals surface area (Å²) < 4.78 is 7.20. The normalized spacial score (nSPS) is 10.6. The summed E-state index contributed by atoms with van der Waals surface area (Å²) in [6.07, 6.45) is 1.86. The van der Waals surface area contributed by atoms with Gasteiger partial charge in [0, 0.05) is 18.1 Å². The Morgan fingerprint density at radius 1 is 1.16 bits per heavy atom. The highest BCUT2D eigenvalue weighted by Crippen LogP contribution is 2.28. The smallest absolute Gasteiger partial charge is 0.142 e. The Balaban J connectivity index is 1.98. The fraction of sp³-hybridized carbons (Fsp3) is 0.133. The van der Waals surface area contributed by atoms with Crippen molar-refractivity contribution < 1.29 is 4.74 Å². The molecule has 2 aromatic carbocycles. The molecule has 0 saturated heterocycles. The average Bonchev–Trinajstić information content (AvgIpc) is 2.81. The molecule has 0 radical (unpaired) electrons. The number of ether oxygens (including phenoxy) is 1. The fourth-order valence-electron chi connectivity index (χ4n) is 2.13. The molecule has 1 aromatic heterocycles. The number of hydrogen-bond donors (Lipinski definition) is 1. The van der Waals surface area contributed by atoms with Gasteiger partial charge >= 0.3 is 0 Å². The molecule has 0 atom stereocenters. The third-order valence-corrected chi connectivity index (χ3v) is 3.14. The summed E-state index contributed by atoms with van der Waals surface area (Å²) in [4.78, 5) is 0. The van der Waals surface area contributed by atoms with Gasteiger partial charge in [-0.1, -0.05) is 12.1 Å². The minimum absolute atomic E-state index is 0.826. The minimum Gasteiger partial charge on any atom is -0.495 e. The second kappa shape index (κ2) is 4.65. The van der Waals surface area contributed by atoms with Gasteiger partial charge in [-0.05, 0) is 30.3 Å². The molecule has 4 nitrogen and oxygen atoms in total. The third-order valence-electron chi connectivity index (χ3n) is 3.14. The molecule has 19 heavy (non-hydrogen) atoms. The number of methoxy groups -OCH3 is 1. The van der Waals surface area contributed by atoms with Crippen LogP contribution in [0.15, 0.2) is 48.7 Å². The van der Waals surface area contributed by atoms with E-state index in [9.17, 15) is 0 Å². The van der Waals surface area contributed by atoms with Gasteiger partial charge in [-0.3, -0.25) is 4.68 Å². The van der Waals surface area contributed by atoms with Crippen LogP contribution in [0.25, 0.3) is 10.9 Å². The van der Waals surface area contributed by atoms with E-state index in [2.05, 4.69) is 22.5 Å². The van der Waals surface area contributed by atoms with Crippen LogP contribution >= 0.6 is 0 Å². The van der Waals surface area contributed by atoms with E-state index in [0.717, 1.165) is 28.0 Å². The quantitative estimate of drug-likeness (QED) is 0.778. The number of para-hydroxylation sites is 2. The van der Waals surface area contributed by atoms with Crippen molar-refractivity contribution in [1.29, 1.82) is 0 Å². The summed E-state index contributed by atoms with van der Waals surface area (Å²) >= 11 is 0. The lowest BCUT2D eigenvalue weighted by molar-refractivity contribution is 0.417. The third kappa shape index (κ3) is 2.12. The molecule has 96 valence electrons. The first-order chi connectivity index (χ1) is 9.28. The van der Waals surface area contributed by atoms with Crippen molar-refractivity contribution >= 4 is 22.3 Å². The molecule has 0 fully saturated rings. The molecule has 0 aliphatic rings. The van der Waals surface area contributed by atoms with Crippen molar-refractivity contribution in [2.75, 3.05) is 12.4 Å². The maximum atomic E-state index is 5.33. The largest absolute Gasteiger partial charge is 0.495 e. The summed E-state index contributed by atoms with van der Waals surface area (Å²) in [6, 6.07) is 14.0. The van der Waals surface area contributed by atoms with Gasteiger partial charge in [-0.25, -0.2) is 0 Å². The van der Waals surface area contributed by atoms with Crippen LogP contribution in [0, 0.1) is 0 Å². The molecule has 0 saturated carbocycles. The Hall–Kier alpha value is -2.49. The lowest BCUT2D eigenvalue weighted by atomic mass is 10.2. The number of rotatable bonds is 3. The van der Waals surface area contributed by atoms with Gasteiger partial charge in [0.1, 0.15) is 5.75 Å². The van der Waals surface area contributed by atoms with Crippen molar-refractivity contribution in [3.63, 3.8) is 0 Å². The summed E-state index contributed by atoms with van der Waals surface area (Å²) in [5.41, 5.74) is 3.06. The Labute approximate surface area is 111 Å². The Morgan fingerprint density at radius 3 is 2.84 bits per heavy atom. The second-order valence-corrected chi connectivity index (χ2v) is 4.37. The number of aromatic nitrogens is 2. The zero-order valence-corrected chi connectivity index (χ0v) is 10.9. The van der Waals surface area contributed by atoms with E-state index in [1.54, 1.807) is 7.11 Å². The van der Waals surface area contributed by atoms with E-state index < -0.39 is 0 Å². The van der Waals surface area contributed by atoms with Crippen LogP contribution in [0.5, 0.6) is 5.75 Å². The van der Waals surface area contributed by atoms with Crippen LogP contribution in [-0.4, -0.2) is 16.9 Å². The molecule has 0 bridgehead atoms. The first kappa shape index (κ1) is 11.6. The van der Waals surface area contributed by atoms with Crippen LogP contribution in [0.4, 0.5) is 11.4 Å². The monoisotopic (exact) mass is 253 g/mol. The lowest BCUT2D eigenvalue weighted by Gasteiger charge is -2.11. The lowest BCUT2D eigenvalue weighted by Crippen LogP contribution is -1.95. The minimum atomic E-state index is 0.826. The number of anilines is 2. The zero-order valence-electron chi connectivity index (χ0n) is 10.9. The Morgan fingerprint density at radius 2 is 2.00 bits per heavy atom. The Bertz CT molecular complexity index is 718. The first-order valence-corrected chi connectivity index (χ1v) is 6.10. The van der Waals surface area contributed by atoms with E-state index in [-0.39, 0.29) is 0 Å². The maximum Gasteiger partial charge on any atom is 0.142 e. The van der Waals surface area contributed by atoms with Crippen molar-refractivity contribution in [3.8, 4) is 5.75 Å². The van der Waals surface area contributed by atoms with Gasteiger partial charge in [-0.15, -0.1) is 0 Å². The van der Waals surface area contributed by atoms with Crippen LogP contribution in [0.3, 0.4) is 0 Å². The number of nitrogens with one attached hydrogen (secondary N) is 1. The molecular formula is C15H15N3O. The van der Waals surface area contributed by atoms with E-state index in [4.69, 9.17) is 4.74 Å². The predicted octanol–water partition coefficient (Wildman–Crippen LogP) is 3.33. The molecule has 0 amide bonds. The van der Waals surface area contributed by atoms with Gasteiger partial charge in [0.25, 0.3) is 0 Å². The van der Waals surface area contributed by atoms with E-state index in [1.807, 2.05) is 48.3 Å². The summed E-state index contributed by atoms with van der Waals surface area (Å²) in [6.45, 7) is 0. The highest BCUT2D eigenvalue weighted by atomic mass is 16.5. The van der Waals surface area contributed by atoms with E-state index in [0.29, 0.717) is 0 Å². The molecule has 0 aliphatic carbocycles. The van der Waals surface area contributed by atoms with Gasteiger partial charge in [-0.2, -0.15) is 5.10 Å². The first-order valence-electron chi connectivity index (χ1n) is 6.10. The van der Waals surface area contributed by atoms with Gasteiger partial charge < -0.3 is 10.1 Å². The highest BCUT2D eigenvalue weighted by Gasteiger charge is 2.04. The van der Waals surface area contributed by atoms with Crippen molar-refractivity contribution in [2.45, 2.75) is 0 Å². The molecule has 3 aromatic rings. The summed E-state index contributed by atoms with van der Waals surface area (Å²) in [5.74, 6) is 0.826. The van der Waals surface area contributed by atoms with Crippen LogP contribution in [0.1, 0.15) is 0 Å². The van der Waals surface area contributed by atoms with Crippen LogP contribution in [-0.2, 0) is 7.05 Å². The molecule has 1 heterocycles. The molecule has 0 aliphatic heterocycles. The van der Waals surface area contributed by atoms with E-state index >= 15 is 0 Å². The molecule has 3 rings (SSSR count). The molecule has 1 N–H and O–H groups in total. The van der Waals surface area contributed by atoms with Gasteiger partial charge in [0.05, 0.1) is 24.5 Å². The topological polar surface area (TPSA) is 39.1 Å². The Kier molecular flexibility index (Phi) is 2.83. The van der Waals surface area contributed by atoms with Gasteiger partial charge in [0.15, 0.2) is 0 Å².